The highest BCUT2D eigenvalue weighted by Gasteiger charge is 2.61. The summed E-state index contributed by atoms with van der Waals surface area (Å²) >= 11 is 0.794. The van der Waals surface area contributed by atoms with Crippen LogP contribution in [-0.4, -0.2) is 27.2 Å². The van der Waals surface area contributed by atoms with Gasteiger partial charge in [-0.2, -0.15) is 13.2 Å². The minimum Gasteiger partial charge on any atom is -0.478 e. The molecule has 1 aliphatic rings. The number of halogens is 7. The number of hydrogen-bond acceptors (Lipinski definition) is 3. The third kappa shape index (κ3) is 3.48. The molecule has 0 saturated heterocycles. The third-order valence-electron chi connectivity index (χ3n) is 2.71. The Balaban J connectivity index is 2.52. The zero-order valence-electron chi connectivity index (χ0n) is 10.6. The number of alkyl halides is 7. The topological polar surface area (TPSA) is 55.8 Å². The van der Waals surface area contributed by atoms with Crippen LogP contribution in [0, 0.1) is 0 Å². The maximum absolute atomic E-state index is 13.1. The predicted molar refractivity (Wildman–Crippen MR) is 72.2 cm³/mol. The number of aliphatic carboxylic acids is 1. The molecule has 1 heterocycles. The van der Waals surface area contributed by atoms with Crippen LogP contribution in [0.3, 0.4) is 0 Å². The molecule has 0 saturated carbocycles. The van der Waals surface area contributed by atoms with Gasteiger partial charge in [0.25, 0.3) is 3.61 Å². The summed E-state index contributed by atoms with van der Waals surface area (Å²) < 4.78 is 81.0. The normalized spacial score (nSPS) is 21.1. The van der Waals surface area contributed by atoms with Gasteiger partial charge in [-0.25, -0.2) is 4.79 Å². The molecule has 0 aliphatic carbocycles. The van der Waals surface area contributed by atoms with E-state index in [-0.39, 0.29) is 5.56 Å². The van der Waals surface area contributed by atoms with Gasteiger partial charge in [-0.3, -0.25) is 0 Å². The minimum absolute atomic E-state index is 0.277. The largest absolute Gasteiger partial charge is 0.573 e. The van der Waals surface area contributed by atoms with Gasteiger partial charge >= 0.3 is 18.5 Å². The molecule has 0 radical (unpaired) electrons. The number of benzene rings is 1. The van der Waals surface area contributed by atoms with Crippen LogP contribution < -0.4 is 9.47 Å². The van der Waals surface area contributed by atoms with Crippen LogP contribution in [0.5, 0.6) is 11.5 Å². The molecule has 0 spiro atoms. The van der Waals surface area contributed by atoms with Crippen LogP contribution >= 0.6 is 22.6 Å². The van der Waals surface area contributed by atoms with E-state index < -0.39 is 39.2 Å². The van der Waals surface area contributed by atoms with Crippen LogP contribution in [0.1, 0.15) is 5.56 Å². The molecule has 0 fully saturated rings. The second kappa shape index (κ2) is 5.46. The summed E-state index contributed by atoms with van der Waals surface area (Å²) in [5.41, 5.74) is -1.44. The van der Waals surface area contributed by atoms with Gasteiger partial charge in [-0.1, -0.05) is 0 Å². The molecule has 1 aromatic carbocycles. The van der Waals surface area contributed by atoms with E-state index in [1.165, 1.54) is 0 Å². The van der Waals surface area contributed by atoms with E-state index in [1.807, 2.05) is 0 Å². The van der Waals surface area contributed by atoms with Gasteiger partial charge in [0.1, 0.15) is 17.1 Å². The van der Waals surface area contributed by atoms with Crippen molar-refractivity contribution in [2.24, 2.45) is 0 Å². The van der Waals surface area contributed by atoms with Gasteiger partial charge in [-0.15, -0.1) is 13.2 Å². The van der Waals surface area contributed by atoms with Gasteiger partial charge in [0.05, 0.1) is 0 Å². The first-order valence-corrected chi connectivity index (χ1v) is 6.71. The Bertz CT molecular complexity index is 681. The van der Waals surface area contributed by atoms with Gasteiger partial charge < -0.3 is 14.6 Å². The fraction of sp³-hybridized carbons (Fsp3) is 0.250. The molecule has 4 nitrogen and oxygen atoms in total. The molecule has 23 heavy (non-hydrogen) atoms. The van der Waals surface area contributed by atoms with Crippen molar-refractivity contribution in [3.8, 4) is 11.5 Å². The second-order valence-corrected chi connectivity index (χ2v) is 5.82. The van der Waals surface area contributed by atoms with E-state index in [9.17, 15) is 31.1 Å². The van der Waals surface area contributed by atoms with E-state index in [1.54, 1.807) is 0 Å². The van der Waals surface area contributed by atoms with Gasteiger partial charge in [-0.05, 0) is 46.9 Å². The Kier molecular flexibility index (Phi) is 4.20. The molecule has 1 atom stereocenters. The highest BCUT2D eigenvalue weighted by molar-refractivity contribution is 14.1. The number of carboxylic acid groups (broad SMARTS) is 1. The van der Waals surface area contributed by atoms with E-state index in [0.717, 1.165) is 40.8 Å². The predicted octanol–water partition coefficient (Wildman–Crippen LogP) is 4.14. The van der Waals surface area contributed by atoms with Crippen molar-refractivity contribution < 1.29 is 45.7 Å². The summed E-state index contributed by atoms with van der Waals surface area (Å²) in [6.45, 7) is 0. The first kappa shape index (κ1) is 17.7. The average molecular weight is 454 g/mol. The Hall–Kier alpha value is -1.66. The molecule has 1 unspecified atom stereocenters. The number of rotatable bonds is 2. The average Bonchev–Trinajstić information content (AvgIpc) is 2.35. The summed E-state index contributed by atoms with van der Waals surface area (Å²) in [5, 5.41) is 8.95. The molecule has 2 rings (SSSR count). The minimum atomic E-state index is -5.06. The van der Waals surface area contributed by atoms with E-state index >= 15 is 0 Å². The van der Waals surface area contributed by atoms with Gasteiger partial charge in [0.15, 0.2) is 0 Å². The fourth-order valence-electron chi connectivity index (χ4n) is 1.79. The highest BCUT2D eigenvalue weighted by Crippen LogP contribution is 2.50. The Morgan fingerprint density at radius 3 is 2.30 bits per heavy atom. The van der Waals surface area contributed by atoms with Crippen LogP contribution in [-0.2, 0) is 4.79 Å². The van der Waals surface area contributed by atoms with Gasteiger partial charge in [0, 0.05) is 5.56 Å². The Morgan fingerprint density at radius 2 is 1.83 bits per heavy atom. The molecular weight excluding hydrogens is 449 g/mol. The van der Waals surface area contributed by atoms with Crippen molar-refractivity contribution in [2.45, 2.75) is 16.1 Å². The number of carbonyl (C=O) groups is 1. The smallest absolute Gasteiger partial charge is 0.478 e. The van der Waals surface area contributed by atoms with Crippen molar-refractivity contribution in [1.29, 1.82) is 0 Å². The first-order chi connectivity index (χ1) is 10.3. The lowest BCUT2D eigenvalue weighted by Gasteiger charge is -2.34. The summed E-state index contributed by atoms with van der Waals surface area (Å²) in [7, 11) is 0. The van der Waals surface area contributed by atoms with Crippen molar-refractivity contribution in [3.63, 3.8) is 0 Å². The summed E-state index contributed by atoms with van der Waals surface area (Å²) in [6.07, 6.45) is -9.46. The van der Waals surface area contributed by atoms with E-state index in [0.29, 0.717) is 6.08 Å². The number of ether oxygens (including phenoxy) is 2. The van der Waals surface area contributed by atoms with E-state index in [4.69, 9.17) is 9.84 Å². The zero-order valence-corrected chi connectivity index (χ0v) is 12.8. The van der Waals surface area contributed by atoms with Crippen molar-refractivity contribution in [1.82, 2.24) is 0 Å². The van der Waals surface area contributed by atoms with Crippen LogP contribution in [0.15, 0.2) is 23.8 Å². The van der Waals surface area contributed by atoms with Crippen molar-refractivity contribution >= 4 is 34.6 Å². The number of fused-ring (bicyclic) bond motifs is 1. The maximum Gasteiger partial charge on any atom is 0.573 e. The summed E-state index contributed by atoms with van der Waals surface area (Å²) in [6, 6.07) is 2.34. The zero-order chi connectivity index (χ0) is 17.6. The molecular formula is C12H5F6IO4. The quantitative estimate of drug-likeness (QED) is 0.415. The van der Waals surface area contributed by atoms with Crippen molar-refractivity contribution in [3.05, 3.63) is 29.3 Å². The number of hydrogen-bond donors (Lipinski definition) is 1. The van der Waals surface area contributed by atoms with Crippen molar-refractivity contribution in [2.75, 3.05) is 0 Å². The van der Waals surface area contributed by atoms with Gasteiger partial charge in [0.2, 0.25) is 0 Å². The molecule has 1 N–H and O–H groups in total. The van der Waals surface area contributed by atoms with Crippen LogP contribution in [0.25, 0.3) is 6.08 Å². The Morgan fingerprint density at radius 1 is 1.22 bits per heavy atom. The molecule has 1 aromatic rings. The summed E-state index contributed by atoms with van der Waals surface area (Å²) in [5.74, 6) is -3.05. The molecule has 0 bridgehead atoms. The third-order valence-corrected chi connectivity index (χ3v) is 4.12. The monoisotopic (exact) mass is 454 g/mol. The molecule has 0 aromatic heterocycles. The van der Waals surface area contributed by atoms with E-state index in [2.05, 4.69) is 4.74 Å². The first-order valence-electron chi connectivity index (χ1n) is 5.63. The van der Waals surface area contributed by atoms with Crippen LogP contribution in [0.2, 0.25) is 0 Å². The molecule has 126 valence electrons. The molecule has 0 amide bonds. The fourth-order valence-corrected chi connectivity index (χ4v) is 2.42. The lowest BCUT2D eigenvalue weighted by molar-refractivity contribution is -0.274. The number of carboxylic acids is 1. The maximum atomic E-state index is 13.1. The lowest BCUT2D eigenvalue weighted by atomic mass is 10.0. The highest BCUT2D eigenvalue weighted by atomic mass is 127. The lowest BCUT2D eigenvalue weighted by Crippen LogP contribution is -2.49. The Labute approximate surface area is 137 Å². The SMILES string of the molecule is O=C(O)C1=Cc2cc(OC(F)(F)F)ccc2OC1(I)C(F)(F)F. The second-order valence-electron chi connectivity index (χ2n) is 4.31. The summed E-state index contributed by atoms with van der Waals surface area (Å²) in [4.78, 5) is 11.1. The molecule has 11 heteroatoms. The standard InChI is InChI=1S/C12H5F6IO4/c13-11(14,15)10(19)7(9(20)21)4-5-3-6(22-12(16,17)18)1-2-8(5)23-10/h1-4H,(H,20,21). The molecule has 1 aliphatic heterocycles. The van der Waals surface area contributed by atoms with Crippen LogP contribution in [0.4, 0.5) is 26.3 Å².